The van der Waals surface area contributed by atoms with Crippen molar-refractivity contribution >= 4 is 0 Å². The Labute approximate surface area is 84.7 Å². The van der Waals surface area contributed by atoms with Crippen molar-refractivity contribution in [3.63, 3.8) is 0 Å². The monoisotopic (exact) mass is 194 g/mol. The molecule has 1 aliphatic carbocycles. The number of likely N-dealkylation sites (N-methyl/N-ethyl adjacent to an activating group) is 1. The summed E-state index contributed by atoms with van der Waals surface area (Å²) in [4.78, 5) is 0. The lowest BCUT2D eigenvalue weighted by atomic mass is 10.1. The van der Waals surface area contributed by atoms with Crippen LogP contribution in [0.25, 0.3) is 0 Å². The van der Waals surface area contributed by atoms with Crippen molar-refractivity contribution in [3.8, 4) is 0 Å². The Hall–Kier alpha value is -0.900. The number of hydrogen-bond donors (Lipinski definition) is 1. The fourth-order valence-corrected chi connectivity index (χ4v) is 1.88. The molecule has 0 radical (unpaired) electrons. The second kappa shape index (κ2) is 4.09. The fourth-order valence-electron chi connectivity index (χ4n) is 1.88. The average Bonchev–Trinajstić information content (AvgIpc) is 2.91. The van der Waals surface area contributed by atoms with Gasteiger partial charge in [0.1, 0.15) is 0 Å². The summed E-state index contributed by atoms with van der Waals surface area (Å²) >= 11 is 0. The topological polar surface area (TPSA) is 42.7 Å². The third-order valence-corrected chi connectivity index (χ3v) is 2.74. The summed E-state index contributed by atoms with van der Waals surface area (Å²) in [7, 11) is 1.91. The summed E-state index contributed by atoms with van der Waals surface area (Å²) < 4.78 is 1.77. The summed E-state index contributed by atoms with van der Waals surface area (Å²) in [5.74, 6) is 0.872. The van der Waals surface area contributed by atoms with Crippen LogP contribution in [0.4, 0.5) is 0 Å². The smallest absolute Gasteiger partial charge is 0.0842 e. The molecule has 1 heterocycles. The van der Waals surface area contributed by atoms with Crippen LogP contribution in [0.5, 0.6) is 0 Å². The number of nitrogens with zero attached hydrogens (tertiary/aromatic N) is 3. The van der Waals surface area contributed by atoms with Crippen LogP contribution in [0.1, 0.15) is 25.5 Å². The highest BCUT2D eigenvalue weighted by Gasteiger charge is 2.30. The second-order valence-electron chi connectivity index (χ2n) is 4.09. The lowest BCUT2D eigenvalue weighted by molar-refractivity contribution is 0.468. The maximum atomic E-state index is 4.12. The molecule has 4 heteroatoms. The lowest BCUT2D eigenvalue weighted by Crippen LogP contribution is -2.33. The molecule has 1 aromatic heterocycles. The van der Waals surface area contributed by atoms with Gasteiger partial charge in [-0.2, -0.15) is 0 Å². The Bertz CT molecular complexity index is 290. The Kier molecular flexibility index (Phi) is 2.82. The van der Waals surface area contributed by atoms with E-state index in [1.54, 1.807) is 4.68 Å². The van der Waals surface area contributed by atoms with Crippen LogP contribution < -0.4 is 5.32 Å². The molecule has 1 N–H and O–H groups in total. The van der Waals surface area contributed by atoms with Crippen LogP contribution in [0.2, 0.25) is 0 Å². The van der Waals surface area contributed by atoms with E-state index < -0.39 is 0 Å². The molecule has 2 rings (SSSR count). The summed E-state index contributed by atoms with van der Waals surface area (Å²) in [6.07, 6.45) is 5.77. The molecule has 4 nitrogen and oxygen atoms in total. The molecular formula is C10H18N4. The predicted octanol–water partition coefficient (Wildman–Crippen LogP) is 0.746. The second-order valence-corrected chi connectivity index (χ2v) is 4.09. The summed E-state index contributed by atoms with van der Waals surface area (Å²) in [5, 5.41) is 11.6. The first kappa shape index (κ1) is 9.65. The van der Waals surface area contributed by atoms with Gasteiger partial charge in [-0.3, -0.25) is 4.68 Å². The molecule has 0 aromatic carbocycles. The van der Waals surface area contributed by atoms with E-state index in [9.17, 15) is 0 Å². The van der Waals surface area contributed by atoms with E-state index in [1.807, 2.05) is 13.2 Å². The van der Waals surface area contributed by atoms with Gasteiger partial charge in [-0.1, -0.05) is 12.1 Å². The number of aromatic nitrogens is 3. The third kappa shape index (κ3) is 2.32. The maximum absolute atomic E-state index is 4.12. The summed E-state index contributed by atoms with van der Waals surface area (Å²) in [6, 6.07) is 0.608. The number of aryl methyl sites for hydroxylation is 1. The lowest BCUT2D eigenvalue weighted by Gasteiger charge is -2.15. The number of rotatable bonds is 5. The van der Waals surface area contributed by atoms with E-state index in [0.717, 1.165) is 24.6 Å². The molecule has 1 atom stereocenters. The Balaban J connectivity index is 1.92. The van der Waals surface area contributed by atoms with Crippen LogP contribution in [-0.2, 0) is 13.5 Å². The van der Waals surface area contributed by atoms with Crippen molar-refractivity contribution in [2.24, 2.45) is 13.0 Å². The molecule has 14 heavy (non-hydrogen) atoms. The minimum Gasteiger partial charge on any atom is -0.314 e. The SMILES string of the molecule is CCNC(Cc1cn(C)nn1)C1CC1. The molecule has 1 fully saturated rings. The Morgan fingerprint density at radius 3 is 2.93 bits per heavy atom. The fraction of sp³-hybridized carbons (Fsp3) is 0.800. The van der Waals surface area contributed by atoms with Gasteiger partial charge >= 0.3 is 0 Å². The first-order chi connectivity index (χ1) is 6.79. The predicted molar refractivity (Wildman–Crippen MR) is 54.9 cm³/mol. The van der Waals surface area contributed by atoms with Gasteiger partial charge in [0.2, 0.25) is 0 Å². The van der Waals surface area contributed by atoms with Crippen molar-refractivity contribution in [3.05, 3.63) is 11.9 Å². The third-order valence-electron chi connectivity index (χ3n) is 2.74. The molecular weight excluding hydrogens is 176 g/mol. The molecule has 0 amide bonds. The largest absolute Gasteiger partial charge is 0.314 e. The summed E-state index contributed by atoms with van der Waals surface area (Å²) in [6.45, 7) is 3.20. The minimum atomic E-state index is 0.608. The van der Waals surface area contributed by atoms with Crippen molar-refractivity contribution in [1.29, 1.82) is 0 Å². The van der Waals surface area contributed by atoms with Crippen LogP contribution in [0.15, 0.2) is 6.20 Å². The van der Waals surface area contributed by atoms with Gasteiger partial charge in [0.05, 0.1) is 5.69 Å². The van der Waals surface area contributed by atoms with Crippen LogP contribution >= 0.6 is 0 Å². The van der Waals surface area contributed by atoms with E-state index in [1.165, 1.54) is 12.8 Å². The quantitative estimate of drug-likeness (QED) is 0.752. The van der Waals surface area contributed by atoms with Crippen molar-refractivity contribution < 1.29 is 0 Å². The van der Waals surface area contributed by atoms with E-state index in [2.05, 4.69) is 22.6 Å². The molecule has 0 bridgehead atoms. The molecule has 0 spiro atoms. The highest BCUT2D eigenvalue weighted by Crippen LogP contribution is 2.33. The number of hydrogen-bond acceptors (Lipinski definition) is 3. The van der Waals surface area contributed by atoms with E-state index in [0.29, 0.717) is 6.04 Å². The van der Waals surface area contributed by atoms with Gasteiger partial charge in [-0.05, 0) is 25.3 Å². The Morgan fingerprint density at radius 2 is 2.43 bits per heavy atom. The van der Waals surface area contributed by atoms with Gasteiger partial charge in [0.25, 0.3) is 0 Å². The standard InChI is InChI=1S/C10H18N4/c1-3-11-10(8-4-5-8)6-9-7-14(2)13-12-9/h7-8,10-11H,3-6H2,1-2H3. The Morgan fingerprint density at radius 1 is 1.64 bits per heavy atom. The van der Waals surface area contributed by atoms with Crippen LogP contribution in [-0.4, -0.2) is 27.6 Å². The average molecular weight is 194 g/mol. The highest BCUT2D eigenvalue weighted by atomic mass is 15.4. The van der Waals surface area contributed by atoms with Gasteiger partial charge in [0, 0.05) is 25.7 Å². The minimum absolute atomic E-state index is 0.608. The van der Waals surface area contributed by atoms with Crippen molar-refractivity contribution in [2.75, 3.05) is 6.54 Å². The zero-order valence-electron chi connectivity index (χ0n) is 8.90. The van der Waals surface area contributed by atoms with E-state index in [-0.39, 0.29) is 0 Å². The highest BCUT2D eigenvalue weighted by molar-refractivity contribution is 4.99. The zero-order chi connectivity index (χ0) is 9.97. The van der Waals surface area contributed by atoms with Crippen LogP contribution in [0.3, 0.4) is 0 Å². The van der Waals surface area contributed by atoms with Crippen molar-refractivity contribution in [2.45, 2.75) is 32.2 Å². The van der Waals surface area contributed by atoms with E-state index in [4.69, 9.17) is 0 Å². The molecule has 1 aromatic rings. The maximum Gasteiger partial charge on any atom is 0.0842 e. The van der Waals surface area contributed by atoms with Gasteiger partial charge in [0.15, 0.2) is 0 Å². The van der Waals surface area contributed by atoms with Gasteiger partial charge in [-0.25, -0.2) is 0 Å². The van der Waals surface area contributed by atoms with Gasteiger partial charge < -0.3 is 5.32 Å². The first-order valence-corrected chi connectivity index (χ1v) is 5.38. The molecule has 78 valence electrons. The molecule has 0 saturated heterocycles. The molecule has 1 saturated carbocycles. The van der Waals surface area contributed by atoms with E-state index >= 15 is 0 Å². The zero-order valence-corrected chi connectivity index (χ0v) is 8.90. The first-order valence-electron chi connectivity index (χ1n) is 5.38. The van der Waals surface area contributed by atoms with Crippen molar-refractivity contribution in [1.82, 2.24) is 20.3 Å². The molecule has 1 unspecified atom stereocenters. The van der Waals surface area contributed by atoms with Crippen LogP contribution in [0, 0.1) is 5.92 Å². The molecule has 0 aliphatic heterocycles. The summed E-state index contributed by atoms with van der Waals surface area (Å²) in [5.41, 5.74) is 1.10. The normalized spacial score (nSPS) is 18.4. The molecule has 1 aliphatic rings. The van der Waals surface area contributed by atoms with Gasteiger partial charge in [-0.15, -0.1) is 5.10 Å². The number of nitrogens with one attached hydrogen (secondary N) is 1.